The molecule has 1 aliphatic rings. The van der Waals surface area contributed by atoms with Crippen molar-refractivity contribution >= 4 is 19.9 Å². The molecule has 1 heterocycles. The minimum atomic E-state index is -3.84. The summed E-state index contributed by atoms with van der Waals surface area (Å²) in [5.41, 5.74) is 0. The molecule has 1 saturated heterocycles. The van der Waals surface area contributed by atoms with E-state index < -0.39 is 30.6 Å². The molecular formula is C13H19FN2O4S2. The van der Waals surface area contributed by atoms with E-state index in [-0.39, 0.29) is 11.4 Å². The Balaban J connectivity index is 2.07. The Kier molecular flexibility index (Phi) is 5.21. The second-order valence-electron chi connectivity index (χ2n) is 5.41. The molecule has 2 rings (SSSR count). The van der Waals surface area contributed by atoms with Crippen LogP contribution in [0.4, 0.5) is 4.39 Å². The molecule has 0 amide bonds. The van der Waals surface area contributed by atoms with Crippen molar-refractivity contribution in [3.05, 3.63) is 24.0 Å². The number of sulfone groups is 1. The van der Waals surface area contributed by atoms with Crippen LogP contribution in [-0.2, 0) is 19.9 Å². The molecule has 0 radical (unpaired) electrons. The number of hydrogen-bond donors (Lipinski definition) is 2. The van der Waals surface area contributed by atoms with Crippen LogP contribution in [0.1, 0.15) is 12.8 Å². The van der Waals surface area contributed by atoms with Crippen molar-refractivity contribution in [3.63, 3.8) is 0 Å². The average molecular weight is 350 g/mol. The maximum atomic E-state index is 13.8. The zero-order valence-electron chi connectivity index (χ0n) is 12.2. The fourth-order valence-electron chi connectivity index (χ4n) is 2.39. The summed E-state index contributed by atoms with van der Waals surface area (Å²) in [7, 11) is -7.56. The second-order valence-corrected chi connectivity index (χ2v) is 9.16. The third kappa shape index (κ3) is 4.25. The van der Waals surface area contributed by atoms with E-state index in [0.717, 1.165) is 44.0 Å². The first-order valence-corrected chi connectivity index (χ1v) is 10.3. The molecule has 1 atom stereocenters. The van der Waals surface area contributed by atoms with Gasteiger partial charge >= 0.3 is 0 Å². The maximum absolute atomic E-state index is 13.8. The van der Waals surface area contributed by atoms with Crippen molar-refractivity contribution in [2.24, 2.45) is 5.92 Å². The first-order valence-electron chi connectivity index (χ1n) is 6.90. The first kappa shape index (κ1) is 17.3. The van der Waals surface area contributed by atoms with Gasteiger partial charge in [0.25, 0.3) is 0 Å². The zero-order chi connectivity index (χ0) is 16.4. The highest BCUT2D eigenvalue weighted by molar-refractivity contribution is 7.90. The molecule has 9 heteroatoms. The number of hydrogen-bond acceptors (Lipinski definition) is 5. The van der Waals surface area contributed by atoms with Gasteiger partial charge in [-0.3, -0.25) is 0 Å². The third-order valence-corrected chi connectivity index (χ3v) is 6.21. The van der Waals surface area contributed by atoms with Gasteiger partial charge in [-0.1, -0.05) is 0 Å². The minimum absolute atomic E-state index is 0.268. The van der Waals surface area contributed by atoms with Gasteiger partial charge in [-0.2, -0.15) is 0 Å². The van der Waals surface area contributed by atoms with Crippen LogP contribution in [0.5, 0.6) is 0 Å². The Morgan fingerprint density at radius 3 is 2.59 bits per heavy atom. The molecule has 0 bridgehead atoms. The molecule has 0 saturated carbocycles. The number of benzene rings is 1. The normalized spacial score (nSPS) is 19.5. The van der Waals surface area contributed by atoms with Crippen LogP contribution < -0.4 is 10.0 Å². The average Bonchev–Trinajstić information content (AvgIpc) is 2.90. The summed E-state index contributed by atoms with van der Waals surface area (Å²) in [5.74, 6) is -0.627. The first-order chi connectivity index (χ1) is 10.2. The molecule has 0 spiro atoms. The predicted octanol–water partition coefficient (Wildman–Crippen LogP) is 0.507. The smallest absolute Gasteiger partial charge is 0.240 e. The molecule has 6 nitrogen and oxygen atoms in total. The van der Waals surface area contributed by atoms with E-state index in [4.69, 9.17) is 0 Å². The molecule has 1 aromatic rings. The standard InChI is InChI=1S/C13H19FN2O4S2/c1-21(17,18)13-3-2-11(8-12(13)14)22(19,20)16-7-5-10-4-6-15-9-10/h2-3,8,10,15-16H,4-7,9H2,1H3. The van der Waals surface area contributed by atoms with E-state index >= 15 is 0 Å². The maximum Gasteiger partial charge on any atom is 0.240 e. The van der Waals surface area contributed by atoms with Crippen molar-refractivity contribution in [2.45, 2.75) is 22.6 Å². The molecule has 2 N–H and O–H groups in total. The van der Waals surface area contributed by atoms with Crippen LogP contribution in [0, 0.1) is 11.7 Å². The minimum Gasteiger partial charge on any atom is -0.316 e. The van der Waals surface area contributed by atoms with Gasteiger partial charge < -0.3 is 5.32 Å². The van der Waals surface area contributed by atoms with Gasteiger partial charge in [0.1, 0.15) is 10.7 Å². The van der Waals surface area contributed by atoms with E-state index in [9.17, 15) is 21.2 Å². The molecule has 0 aliphatic carbocycles. The van der Waals surface area contributed by atoms with Gasteiger partial charge in [0.2, 0.25) is 10.0 Å². The molecule has 1 fully saturated rings. The number of sulfonamides is 1. The van der Waals surface area contributed by atoms with Crippen LogP contribution >= 0.6 is 0 Å². The lowest BCUT2D eigenvalue weighted by Gasteiger charge is -2.10. The molecule has 1 aromatic carbocycles. The van der Waals surface area contributed by atoms with Crippen molar-refractivity contribution in [2.75, 3.05) is 25.9 Å². The highest BCUT2D eigenvalue weighted by atomic mass is 32.2. The van der Waals surface area contributed by atoms with Crippen LogP contribution in [0.15, 0.2) is 28.0 Å². The topological polar surface area (TPSA) is 92.3 Å². The molecule has 22 heavy (non-hydrogen) atoms. The quantitative estimate of drug-likeness (QED) is 0.780. The van der Waals surface area contributed by atoms with Gasteiger partial charge in [0, 0.05) is 12.8 Å². The van der Waals surface area contributed by atoms with E-state index in [1.54, 1.807) is 0 Å². The van der Waals surface area contributed by atoms with Crippen LogP contribution in [0.3, 0.4) is 0 Å². The summed E-state index contributed by atoms with van der Waals surface area (Å²) in [6.07, 6.45) is 2.59. The Hall–Kier alpha value is -1.03. The van der Waals surface area contributed by atoms with Gasteiger partial charge in [0.05, 0.1) is 4.90 Å². The molecule has 124 valence electrons. The van der Waals surface area contributed by atoms with Crippen LogP contribution in [0.25, 0.3) is 0 Å². The summed E-state index contributed by atoms with van der Waals surface area (Å²) in [6.45, 7) is 2.08. The van der Waals surface area contributed by atoms with Crippen molar-refractivity contribution in [3.8, 4) is 0 Å². The lowest BCUT2D eigenvalue weighted by Crippen LogP contribution is -2.27. The predicted molar refractivity (Wildman–Crippen MR) is 80.3 cm³/mol. The summed E-state index contributed by atoms with van der Waals surface area (Å²) < 4.78 is 63.0. The van der Waals surface area contributed by atoms with Gasteiger partial charge in [0.15, 0.2) is 9.84 Å². The summed E-state index contributed by atoms with van der Waals surface area (Å²) in [4.78, 5) is -0.787. The highest BCUT2D eigenvalue weighted by Gasteiger charge is 2.20. The monoisotopic (exact) mass is 350 g/mol. The fraction of sp³-hybridized carbons (Fsp3) is 0.538. The fourth-order valence-corrected chi connectivity index (χ4v) is 4.18. The Bertz CT molecular complexity index is 741. The summed E-state index contributed by atoms with van der Waals surface area (Å²) >= 11 is 0. The van der Waals surface area contributed by atoms with Crippen molar-refractivity contribution in [1.82, 2.24) is 10.0 Å². The summed E-state index contributed by atoms with van der Waals surface area (Å²) in [5, 5.41) is 3.20. The summed E-state index contributed by atoms with van der Waals surface area (Å²) in [6, 6.07) is 2.80. The largest absolute Gasteiger partial charge is 0.316 e. The van der Waals surface area contributed by atoms with Crippen molar-refractivity contribution < 1.29 is 21.2 Å². The Morgan fingerprint density at radius 2 is 2.05 bits per heavy atom. The van der Waals surface area contributed by atoms with E-state index in [0.29, 0.717) is 12.3 Å². The number of halogens is 1. The molecule has 1 unspecified atom stereocenters. The lowest BCUT2D eigenvalue weighted by atomic mass is 10.1. The Labute approximate surface area is 130 Å². The van der Waals surface area contributed by atoms with Crippen LogP contribution in [0.2, 0.25) is 0 Å². The van der Waals surface area contributed by atoms with Gasteiger partial charge in [-0.15, -0.1) is 0 Å². The van der Waals surface area contributed by atoms with Crippen molar-refractivity contribution in [1.29, 1.82) is 0 Å². The number of nitrogens with one attached hydrogen (secondary N) is 2. The molecule has 0 aromatic heterocycles. The molecule has 1 aliphatic heterocycles. The van der Waals surface area contributed by atoms with E-state index in [2.05, 4.69) is 10.0 Å². The van der Waals surface area contributed by atoms with Crippen LogP contribution in [-0.4, -0.2) is 42.7 Å². The van der Waals surface area contributed by atoms with Gasteiger partial charge in [-0.25, -0.2) is 25.9 Å². The van der Waals surface area contributed by atoms with E-state index in [1.165, 1.54) is 0 Å². The zero-order valence-corrected chi connectivity index (χ0v) is 13.8. The lowest BCUT2D eigenvalue weighted by molar-refractivity contribution is 0.518. The Morgan fingerprint density at radius 1 is 1.32 bits per heavy atom. The van der Waals surface area contributed by atoms with Gasteiger partial charge in [-0.05, 0) is 50.0 Å². The third-order valence-electron chi connectivity index (χ3n) is 3.62. The molecular weight excluding hydrogens is 331 g/mol. The highest BCUT2D eigenvalue weighted by Crippen LogP contribution is 2.19. The van der Waals surface area contributed by atoms with E-state index in [1.807, 2.05) is 0 Å². The SMILES string of the molecule is CS(=O)(=O)c1ccc(S(=O)(=O)NCCC2CCNC2)cc1F. The number of rotatable bonds is 6. The second kappa shape index (κ2) is 6.61.